The summed E-state index contributed by atoms with van der Waals surface area (Å²) >= 11 is 0. The molecule has 1 aromatic rings. The largest absolute Gasteiger partial charge is 0.371 e. The molecule has 1 fully saturated rings. The van der Waals surface area contributed by atoms with Crippen molar-refractivity contribution in [3.05, 3.63) is 24.0 Å². The van der Waals surface area contributed by atoms with Gasteiger partial charge in [0.2, 0.25) is 0 Å². The van der Waals surface area contributed by atoms with Crippen LogP contribution in [0.3, 0.4) is 0 Å². The molecule has 1 unspecified atom stereocenters. The number of hydrogen-bond donors (Lipinski definition) is 1. The monoisotopic (exact) mass is 261 g/mol. The molecule has 2 rings (SSSR count). The van der Waals surface area contributed by atoms with Gasteiger partial charge in [-0.1, -0.05) is 0 Å². The van der Waals surface area contributed by atoms with Crippen LogP contribution in [0.1, 0.15) is 30.3 Å². The SMILES string of the molecule is CCNC(=O)c1cc(N2CCCC(C=O)C2)ccn1. The second-order valence-electron chi connectivity index (χ2n) is 4.74. The number of nitrogens with one attached hydrogen (secondary N) is 1. The van der Waals surface area contributed by atoms with E-state index in [1.807, 2.05) is 13.0 Å². The number of carbonyl (C=O) groups excluding carboxylic acids is 2. The van der Waals surface area contributed by atoms with Crippen molar-refractivity contribution in [1.82, 2.24) is 10.3 Å². The Labute approximate surface area is 113 Å². The van der Waals surface area contributed by atoms with Gasteiger partial charge in [-0.15, -0.1) is 0 Å². The van der Waals surface area contributed by atoms with Gasteiger partial charge in [-0.2, -0.15) is 0 Å². The van der Waals surface area contributed by atoms with Crippen molar-refractivity contribution in [2.75, 3.05) is 24.5 Å². The maximum atomic E-state index is 11.8. The molecule has 5 nitrogen and oxygen atoms in total. The molecule has 0 aromatic carbocycles. The molecule has 0 bridgehead atoms. The van der Waals surface area contributed by atoms with Crippen molar-refractivity contribution in [3.63, 3.8) is 0 Å². The number of rotatable bonds is 4. The maximum Gasteiger partial charge on any atom is 0.269 e. The van der Waals surface area contributed by atoms with Crippen LogP contribution < -0.4 is 10.2 Å². The third-order valence-corrected chi connectivity index (χ3v) is 3.33. The zero-order valence-electron chi connectivity index (χ0n) is 11.1. The van der Waals surface area contributed by atoms with Gasteiger partial charge in [0.1, 0.15) is 12.0 Å². The number of amides is 1. The molecule has 1 amide bonds. The van der Waals surface area contributed by atoms with Gasteiger partial charge in [0, 0.05) is 37.4 Å². The highest BCUT2D eigenvalue weighted by atomic mass is 16.1. The average Bonchev–Trinajstić information content (AvgIpc) is 2.48. The summed E-state index contributed by atoms with van der Waals surface area (Å²) in [6.45, 7) is 4.11. The van der Waals surface area contributed by atoms with Gasteiger partial charge in [0.05, 0.1) is 0 Å². The third-order valence-electron chi connectivity index (χ3n) is 3.33. The summed E-state index contributed by atoms with van der Waals surface area (Å²) in [6, 6.07) is 3.67. The standard InChI is InChI=1S/C14H19N3O2/c1-2-15-14(19)13-8-12(5-6-16-13)17-7-3-4-11(9-17)10-18/h5-6,8,10-11H,2-4,7,9H2,1H3,(H,15,19). The van der Waals surface area contributed by atoms with Gasteiger partial charge in [-0.05, 0) is 31.9 Å². The van der Waals surface area contributed by atoms with Crippen LogP contribution in [-0.4, -0.2) is 36.8 Å². The lowest BCUT2D eigenvalue weighted by Gasteiger charge is -2.32. The number of pyridine rings is 1. The Morgan fingerprint density at radius 1 is 1.63 bits per heavy atom. The van der Waals surface area contributed by atoms with Crippen LogP contribution in [0.2, 0.25) is 0 Å². The van der Waals surface area contributed by atoms with Crippen LogP contribution in [0.4, 0.5) is 5.69 Å². The number of carbonyl (C=O) groups is 2. The first-order chi connectivity index (χ1) is 9.24. The van der Waals surface area contributed by atoms with Crippen molar-refractivity contribution < 1.29 is 9.59 Å². The van der Waals surface area contributed by atoms with E-state index in [1.54, 1.807) is 12.3 Å². The first-order valence-corrected chi connectivity index (χ1v) is 6.69. The second kappa shape index (κ2) is 6.31. The molecule has 0 saturated carbocycles. The van der Waals surface area contributed by atoms with E-state index in [9.17, 15) is 9.59 Å². The van der Waals surface area contributed by atoms with Crippen LogP contribution >= 0.6 is 0 Å². The molecular formula is C14H19N3O2. The number of nitrogens with zero attached hydrogens (tertiary/aromatic N) is 2. The summed E-state index contributed by atoms with van der Waals surface area (Å²) in [7, 11) is 0. The molecule has 102 valence electrons. The first kappa shape index (κ1) is 13.5. The highest BCUT2D eigenvalue weighted by Crippen LogP contribution is 2.22. The highest BCUT2D eigenvalue weighted by molar-refractivity contribution is 5.93. The zero-order chi connectivity index (χ0) is 13.7. The predicted molar refractivity (Wildman–Crippen MR) is 73.2 cm³/mol. The number of aromatic nitrogens is 1. The van der Waals surface area contributed by atoms with E-state index < -0.39 is 0 Å². The molecule has 19 heavy (non-hydrogen) atoms. The van der Waals surface area contributed by atoms with Crippen molar-refractivity contribution in [1.29, 1.82) is 0 Å². The Bertz CT molecular complexity index is 462. The lowest BCUT2D eigenvalue weighted by molar-refractivity contribution is -0.111. The van der Waals surface area contributed by atoms with Gasteiger partial charge < -0.3 is 15.0 Å². The second-order valence-corrected chi connectivity index (χ2v) is 4.74. The van der Waals surface area contributed by atoms with Gasteiger partial charge in [-0.3, -0.25) is 9.78 Å². The summed E-state index contributed by atoms with van der Waals surface area (Å²) in [5.74, 6) is -0.0665. The maximum absolute atomic E-state index is 11.8. The Kier molecular flexibility index (Phi) is 4.49. The quantitative estimate of drug-likeness (QED) is 0.828. The van der Waals surface area contributed by atoms with Crippen LogP contribution in [0.5, 0.6) is 0 Å². The van der Waals surface area contributed by atoms with E-state index in [4.69, 9.17) is 0 Å². The fraction of sp³-hybridized carbons (Fsp3) is 0.500. The summed E-state index contributed by atoms with van der Waals surface area (Å²) in [5.41, 5.74) is 1.38. The Hall–Kier alpha value is -1.91. The van der Waals surface area contributed by atoms with E-state index in [2.05, 4.69) is 15.2 Å². The molecule has 1 aliphatic rings. The first-order valence-electron chi connectivity index (χ1n) is 6.69. The fourth-order valence-corrected chi connectivity index (χ4v) is 2.35. The van der Waals surface area contributed by atoms with E-state index in [1.165, 1.54) is 0 Å². The molecule has 0 aliphatic carbocycles. The van der Waals surface area contributed by atoms with Crippen LogP contribution in [0, 0.1) is 5.92 Å². The van der Waals surface area contributed by atoms with Gasteiger partial charge in [-0.25, -0.2) is 0 Å². The van der Waals surface area contributed by atoms with Crippen molar-refractivity contribution in [2.24, 2.45) is 5.92 Å². The number of hydrogen-bond acceptors (Lipinski definition) is 4. The topological polar surface area (TPSA) is 62.3 Å². The normalized spacial score (nSPS) is 19.0. The molecular weight excluding hydrogens is 242 g/mol. The van der Waals surface area contributed by atoms with Crippen LogP contribution in [-0.2, 0) is 4.79 Å². The number of anilines is 1. The Morgan fingerprint density at radius 2 is 2.47 bits per heavy atom. The summed E-state index contributed by atoms with van der Waals surface area (Å²) in [5, 5.41) is 2.74. The zero-order valence-corrected chi connectivity index (χ0v) is 11.1. The summed E-state index contributed by atoms with van der Waals surface area (Å²) < 4.78 is 0. The minimum absolute atomic E-state index is 0.0924. The smallest absolute Gasteiger partial charge is 0.269 e. The minimum Gasteiger partial charge on any atom is -0.371 e. The fourth-order valence-electron chi connectivity index (χ4n) is 2.35. The molecule has 1 saturated heterocycles. The van der Waals surface area contributed by atoms with E-state index in [0.29, 0.717) is 12.2 Å². The van der Waals surface area contributed by atoms with E-state index in [0.717, 1.165) is 37.9 Å². The predicted octanol–water partition coefficient (Wildman–Crippen LogP) is 1.25. The molecule has 1 aliphatic heterocycles. The molecule has 5 heteroatoms. The molecule has 1 N–H and O–H groups in total. The summed E-state index contributed by atoms with van der Waals surface area (Å²) in [4.78, 5) is 28.9. The Balaban J connectivity index is 2.13. The van der Waals surface area contributed by atoms with Gasteiger partial charge in [0.15, 0.2) is 0 Å². The van der Waals surface area contributed by atoms with E-state index in [-0.39, 0.29) is 11.8 Å². The third kappa shape index (κ3) is 3.30. The van der Waals surface area contributed by atoms with Crippen LogP contribution in [0.25, 0.3) is 0 Å². The average molecular weight is 261 g/mol. The number of aldehydes is 1. The highest BCUT2D eigenvalue weighted by Gasteiger charge is 2.20. The lowest BCUT2D eigenvalue weighted by atomic mass is 9.99. The number of piperidine rings is 1. The molecule has 1 atom stereocenters. The van der Waals surface area contributed by atoms with Gasteiger partial charge in [0.25, 0.3) is 5.91 Å². The van der Waals surface area contributed by atoms with Crippen molar-refractivity contribution >= 4 is 17.9 Å². The van der Waals surface area contributed by atoms with Crippen molar-refractivity contribution in [2.45, 2.75) is 19.8 Å². The lowest BCUT2D eigenvalue weighted by Crippen LogP contribution is -2.36. The Morgan fingerprint density at radius 3 is 3.21 bits per heavy atom. The van der Waals surface area contributed by atoms with E-state index >= 15 is 0 Å². The van der Waals surface area contributed by atoms with Gasteiger partial charge >= 0.3 is 0 Å². The molecule has 1 aromatic heterocycles. The van der Waals surface area contributed by atoms with Crippen LogP contribution in [0.15, 0.2) is 18.3 Å². The summed E-state index contributed by atoms with van der Waals surface area (Å²) in [6.07, 6.45) is 4.62. The van der Waals surface area contributed by atoms with Crippen molar-refractivity contribution in [3.8, 4) is 0 Å². The molecule has 0 radical (unpaired) electrons. The minimum atomic E-state index is -0.159. The molecule has 2 heterocycles. The molecule has 0 spiro atoms.